The fraction of sp³-hybridized carbons (Fsp3) is 0.423. The predicted molar refractivity (Wildman–Crippen MR) is 122 cm³/mol. The number of aromatic nitrogens is 1. The Morgan fingerprint density at radius 2 is 1.90 bits per heavy atom. The molecule has 0 unspecified atom stereocenters. The van der Waals surface area contributed by atoms with Gasteiger partial charge in [0, 0.05) is 42.0 Å². The summed E-state index contributed by atoms with van der Waals surface area (Å²) in [4.78, 5) is 13.1. The normalized spacial score (nSPS) is 17.1. The zero-order valence-corrected chi connectivity index (χ0v) is 18.1. The lowest BCUT2D eigenvalue weighted by Gasteiger charge is -2.24. The van der Waals surface area contributed by atoms with E-state index >= 15 is 0 Å². The van der Waals surface area contributed by atoms with Crippen LogP contribution in [-0.4, -0.2) is 23.3 Å². The lowest BCUT2D eigenvalue weighted by Crippen LogP contribution is -2.36. The Morgan fingerprint density at radius 1 is 1.10 bits per heavy atom. The average Bonchev–Trinajstić information content (AvgIpc) is 3.42. The van der Waals surface area contributed by atoms with E-state index in [-0.39, 0.29) is 18.6 Å². The van der Waals surface area contributed by atoms with Crippen molar-refractivity contribution in [1.29, 1.82) is 0 Å². The van der Waals surface area contributed by atoms with Crippen molar-refractivity contribution in [2.75, 3.05) is 6.79 Å². The van der Waals surface area contributed by atoms with Crippen LogP contribution in [0.15, 0.2) is 48.7 Å². The third-order valence-electron chi connectivity index (χ3n) is 6.69. The van der Waals surface area contributed by atoms with Gasteiger partial charge in [-0.2, -0.15) is 0 Å². The van der Waals surface area contributed by atoms with Crippen LogP contribution < -0.4 is 14.8 Å². The van der Waals surface area contributed by atoms with Gasteiger partial charge >= 0.3 is 0 Å². The van der Waals surface area contributed by atoms with Crippen molar-refractivity contribution in [1.82, 2.24) is 9.88 Å². The highest BCUT2D eigenvalue weighted by Gasteiger charge is 2.26. The molecule has 1 saturated carbocycles. The van der Waals surface area contributed by atoms with E-state index in [1.165, 1.54) is 35.7 Å². The van der Waals surface area contributed by atoms with E-state index in [2.05, 4.69) is 53.3 Å². The Balaban J connectivity index is 1.51. The third-order valence-corrected chi connectivity index (χ3v) is 6.69. The predicted octanol–water partition coefficient (Wildman–Crippen LogP) is 5.36. The maximum Gasteiger partial charge on any atom is 0.231 e. The van der Waals surface area contributed by atoms with E-state index in [0.717, 1.165) is 36.4 Å². The summed E-state index contributed by atoms with van der Waals surface area (Å²) >= 11 is 0. The van der Waals surface area contributed by atoms with E-state index < -0.39 is 0 Å². The number of hydrogen-bond donors (Lipinski definition) is 1. The van der Waals surface area contributed by atoms with Crippen molar-refractivity contribution in [3.8, 4) is 11.5 Å². The minimum absolute atomic E-state index is 0.0456. The van der Waals surface area contributed by atoms with E-state index in [1.54, 1.807) is 0 Å². The van der Waals surface area contributed by atoms with Crippen LogP contribution in [0.1, 0.15) is 62.5 Å². The maximum atomic E-state index is 13.1. The molecule has 1 amide bonds. The van der Waals surface area contributed by atoms with Gasteiger partial charge in [-0.15, -0.1) is 0 Å². The first kappa shape index (κ1) is 20.0. The monoisotopic (exact) mass is 418 g/mol. The number of amides is 1. The van der Waals surface area contributed by atoms with E-state index in [4.69, 9.17) is 9.47 Å². The number of fused-ring (bicyclic) bond motifs is 2. The first-order valence-corrected chi connectivity index (χ1v) is 11.5. The molecule has 1 aliphatic carbocycles. The standard InChI is InChI=1S/C26H30N2O3/c1-2-28-16-22(20-10-6-7-11-23(20)28)21(15-26(29)27-19-8-4-3-5-9-19)18-12-13-24-25(14-18)31-17-30-24/h6-7,10-14,16,19,21H,2-5,8-9,15,17H2,1H3,(H,27,29)/t21-/m0/s1. The summed E-state index contributed by atoms with van der Waals surface area (Å²) < 4.78 is 13.4. The number of hydrogen-bond acceptors (Lipinski definition) is 3. The van der Waals surface area contributed by atoms with Gasteiger partial charge in [0.15, 0.2) is 11.5 Å². The highest BCUT2D eigenvalue weighted by Crippen LogP contribution is 2.40. The molecular weight excluding hydrogens is 388 g/mol. The number of rotatable bonds is 6. The first-order chi connectivity index (χ1) is 15.2. The van der Waals surface area contributed by atoms with Crippen LogP contribution in [0.3, 0.4) is 0 Å². The molecule has 0 bridgehead atoms. The lowest BCUT2D eigenvalue weighted by atomic mass is 9.87. The molecule has 0 radical (unpaired) electrons. The van der Waals surface area contributed by atoms with Crippen LogP contribution >= 0.6 is 0 Å². The van der Waals surface area contributed by atoms with E-state index in [0.29, 0.717) is 12.5 Å². The van der Waals surface area contributed by atoms with Crippen LogP contribution in [0.5, 0.6) is 11.5 Å². The van der Waals surface area contributed by atoms with Crippen LogP contribution in [0.4, 0.5) is 0 Å². The molecule has 0 spiro atoms. The fourth-order valence-corrected chi connectivity index (χ4v) is 5.07. The van der Waals surface area contributed by atoms with Crippen LogP contribution in [0, 0.1) is 0 Å². The molecular formula is C26H30N2O3. The van der Waals surface area contributed by atoms with Gasteiger partial charge in [0.1, 0.15) is 0 Å². The number of nitrogens with one attached hydrogen (secondary N) is 1. The molecule has 0 saturated heterocycles. The molecule has 31 heavy (non-hydrogen) atoms. The molecule has 1 N–H and O–H groups in total. The van der Waals surface area contributed by atoms with Crippen molar-refractivity contribution in [3.05, 3.63) is 59.8 Å². The molecule has 3 aromatic rings. The van der Waals surface area contributed by atoms with Crippen molar-refractivity contribution in [2.45, 2.75) is 64.0 Å². The summed E-state index contributed by atoms with van der Waals surface area (Å²) in [6.45, 7) is 3.30. The lowest BCUT2D eigenvalue weighted by molar-refractivity contribution is -0.122. The van der Waals surface area contributed by atoms with Gasteiger partial charge in [0.25, 0.3) is 0 Å². The summed E-state index contributed by atoms with van der Waals surface area (Å²) in [6, 6.07) is 14.9. The Hall–Kier alpha value is -2.95. The smallest absolute Gasteiger partial charge is 0.231 e. The largest absolute Gasteiger partial charge is 0.454 e. The van der Waals surface area contributed by atoms with Gasteiger partial charge in [-0.3, -0.25) is 4.79 Å². The minimum atomic E-state index is -0.0456. The average molecular weight is 419 g/mol. The number of para-hydroxylation sites is 1. The summed E-state index contributed by atoms with van der Waals surface area (Å²) in [5.41, 5.74) is 3.48. The molecule has 1 aliphatic heterocycles. The Bertz CT molecular complexity index is 1080. The highest BCUT2D eigenvalue weighted by molar-refractivity contribution is 5.86. The molecule has 2 heterocycles. The van der Waals surface area contributed by atoms with Crippen molar-refractivity contribution in [3.63, 3.8) is 0 Å². The molecule has 1 fully saturated rings. The Kier molecular flexibility index (Phi) is 5.58. The zero-order valence-electron chi connectivity index (χ0n) is 18.1. The van der Waals surface area contributed by atoms with Gasteiger partial charge in [0.2, 0.25) is 12.7 Å². The third kappa shape index (κ3) is 4.01. The number of benzene rings is 2. The fourth-order valence-electron chi connectivity index (χ4n) is 5.07. The van der Waals surface area contributed by atoms with Crippen LogP contribution in [-0.2, 0) is 11.3 Å². The molecule has 2 aliphatic rings. The SMILES string of the molecule is CCn1cc([C@@H](CC(=O)NC2CCCCC2)c2ccc3c(c2)OCO3)c2ccccc21. The number of carbonyl (C=O) groups is 1. The maximum absolute atomic E-state index is 13.1. The molecule has 162 valence electrons. The van der Waals surface area contributed by atoms with E-state index in [1.807, 2.05) is 12.1 Å². The van der Waals surface area contributed by atoms with Gasteiger partial charge in [-0.1, -0.05) is 43.5 Å². The van der Waals surface area contributed by atoms with Gasteiger partial charge < -0.3 is 19.4 Å². The van der Waals surface area contributed by atoms with Crippen LogP contribution in [0.25, 0.3) is 10.9 Å². The summed E-state index contributed by atoms with van der Waals surface area (Å²) in [6.07, 6.45) is 8.52. The molecule has 1 atom stereocenters. The summed E-state index contributed by atoms with van der Waals surface area (Å²) in [7, 11) is 0. The second-order valence-corrected chi connectivity index (χ2v) is 8.66. The van der Waals surface area contributed by atoms with Crippen molar-refractivity contribution < 1.29 is 14.3 Å². The topological polar surface area (TPSA) is 52.5 Å². The summed E-state index contributed by atoms with van der Waals surface area (Å²) in [5.74, 6) is 1.61. The molecule has 1 aromatic heterocycles. The van der Waals surface area contributed by atoms with Crippen LogP contribution in [0.2, 0.25) is 0 Å². The Morgan fingerprint density at radius 3 is 2.74 bits per heavy atom. The van der Waals surface area contributed by atoms with Crippen molar-refractivity contribution >= 4 is 16.8 Å². The second kappa shape index (κ2) is 8.66. The van der Waals surface area contributed by atoms with Gasteiger partial charge in [0.05, 0.1) is 0 Å². The molecule has 5 rings (SSSR count). The summed E-state index contributed by atoms with van der Waals surface area (Å²) in [5, 5.41) is 4.51. The number of nitrogens with zero attached hydrogens (tertiary/aromatic N) is 1. The second-order valence-electron chi connectivity index (χ2n) is 8.66. The minimum Gasteiger partial charge on any atom is -0.454 e. The molecule has 5 nitrogen and oxygen atoms in total. The number of ether oxygens (including phenoxy) is 2. The van der Waals surface area contributed by atoms with Crippen molar-refractivity contribution in [2.24, 2.45) is 0 Å². The zero-order chi connectivity index (χ0) is 21.2. The first-order valence-electron chi connectivity index (χ1n) is 11.5. The molecule has 2 aromatic carbocycles. The highest BCUT2D eigenvalue weighted by atomic mass is 16.7. The number of aryl methyl sites for hydroxylation is 1. The quantitative estimate of drug-likeness (QED) is 0.586. The Labute approximate surface area is 183 Å². The van der Waals surface area contributed by atoms with Gasteiger partial charge in [-0.05, 0) is 49.1 Å². The molecule has 5 heteroatoms. The van der Waals surface area contributed by atoms with E-state index in [9.17, 15) is 4.79 Å². The number of carbonyl (C=O) groups excluding carboxylic acids is 1. The van der Waals surface area contributed by atoms with Gasteiger partial charge in [-0.25, -0.2) is 0 Å².